The number of carbonyl (C=O) groups is 1. The first-order chi connectivity index (χ1) is 16.2. The van der Waals surface area contributed by atoms with Gasteiger partial charge < -0.3 is 10.1 Å². The van der Waals surface area contributed by atoms with Gasteiger partial charge in [0, 0.05) is 17.4 Å². The number of amides is 1. The first-order valence-electron chi connectivity index (χ1n) is 10.3. The number of benzene rings is 2. The first kappa shape index (κ1) is 23.0. The molecule has 2 aromatic carbocycles. The molecule has 0 aliphatic heterocycles. The van der Waals surface area contributed by atoms with Crippen molar-refractivity contribution in [3.8, 4) is 17.4 Å². The fourth-order valence-corrected chi connectivity index (χ4v) is 3.32. The van der Waals surface area contributed by atoms with Gasteiger partial charge in [0.25, 0.3) is 0 Å². The number of nitrogens with one attached hydrogen (secondary N) is 1. The van der Waals surface area contributed by atoms with Crippen molar-refractivity contribution in [3.63, 3.8) is 0 Å². The number of nitrogens with zero attached hydrogens (tertiary/aromatic N) is 4. The summed E-state index contributed by atoms with van der Waals surface area (Å²) in [6.45, 7) is 3.82. The molecular weight excluding hydrogens is 447 g/mol. The zero-order chi connectivity index (χ0) is 24.3. The predicted molar refractivity (Wildman–Crippen MR) is 119 cm³/mol. The predicted octanol–water partition coefficient (Wildman–Crippen LogP) is 5.27. The average molecular weight is 467 g/mol. The number of rotatable bonds is 6. The van der Waals surface area contributed by atoms with Gasteiger partial charge in [0.2, 0.25) is 11.8 Å². The van der Waals surface area contributed by atoms with Gasteiger partial charge in [0.1, 0.15) is 5.75 Å². The highest BCUT2D eigenvalue weighted by molar-refractivity contribution is 5.92. The summed E-state index contributed by atoms with van der Waals surface area (Å²) in [5.41, 5.74) is 1.78. The third-order valence-electron chi connectivity index (χ3n) is 4.83. The maximum Gasteiger partial charge on any atom is 0.416 e. The molecule has 0 saturated carbocycles. The summed E-state index contributed by atoms with van der Waals surface area (Å²) in [4.78, 5) is 12.2. The maximum absolute atomic E-state index is 12.8. The fraction of sp³-hybridized carbons (Fsp3) is 0.167. The van der Waals surface area contributed by atoms with Crippen molar-refractivity contribution in [3.05, 3.63) is 89.2 Å². The number of carbonyl (C=O) groups excluding carboxylic acids is 1. The molecule has 4 aromatic rings. The topological polar surface area (TPSA) is 81.9 Å². The lowest BCUT2D eigenvalue weighted by Gasteiger charge is -2.10. The van der Waals surface area contributed by atoms with Gasteiger partial charge in [0.15, 0.2) is 5.82 Å². The van der Waals surface area contributed by atoms with Crippen molar-refractivity contribution in [2.45, 2.75) is 26.4 Å². The summed E-state index contributed by atoms with van der Waals surface area (Å²) in [6, 6.07) is 16.6. The Morgan fingerprint density at radius 2 is 1.76 bits per heavy atom. The molecule has 10 heteroatoms. The van der Waals surface area contributed by atoms with Crippen LogP contribution < -0.4 is 10.1 Å². The van der Waals surface area contributed by atoms with Crippen LogP contribution in [0.2, 0.25) is 0 Å². The van der Waals surface area contributed by atoms with Crippen molar-refractivity contribution in [2.75, 3.05) is 5.32 Å². The second kappa shape index (κ2) is 9.34. The van der Waals surface area contributed by atoms with E-state index in [9.17, 15) is 18.0 Å². The minimum Gasteiger partial charge on any atom is -0.438 e. The Hall–Kier alpha value is -4.21. The van der Waals surface area contributed by atoms with Crippen LogP contribution in [0.25, 0.3) is 5.82 Å². The van der Waals surface area contributed by atoms with Gasteiger partial charge in [-0.1, -0.05) is 18.2 Å². The van der Waals surface area contributed by atoms with Crippen LogP contribution in [-0.2, 0) is 17.4 Å². The Morgan fingerprint density at radius 3 is 2.38 bits per heavy atom. The summed E-state index contributed by atoms with van der Waals surface area (Å²) in [6.07, 6.45) is -4.64. The van der Waals surface area contributed by atoms with E-state index in [0.717, 1.165) is 23.5 Å². The lowest BCUT2D eigenvalue weighted by atomic mass is 10.1. The molecule has 0 aliphatic rings. The standard InChI is InChI=1S/C24H20F3N5O2/c1-15-12-16(2)32(31-15)21-10-11-23(30-29-21)34-20-8-6-19(7-9-20)28-22(33)14-17-4-3-5-18(13-17)24(25,26)27/h3-13H,14H2,1-2H3,(H,28,33). The molecule has 0 spiro atoms. The quantitative estimate of drug-likeness (QED) is 0.418. The minimum atomic E-state index is -4.45. The van der Waals surface area contributed by atoms with Crippen LogP contribution in [0.5, 0.6) is 11.6 Å². The lowest BCUT2D eigenvalue weighted by Crippen LogP contribution is -2.15. The van der Waals surface area contributed by atoms with Gasteiger partial charge >= 0.3 is 6.18 Å². The fourth-order valence-electron chi connectivity index (χ4n) is 3.32. The van der Waals surface area contributed by atoms with Crippen molar-refractivity contribution >= 4 is 11.6 Å². The van der Waals surface area contributed by atoms with Crippen LogP contribution in [0.4, 0.5) is 18.9 Å². The monoisotopic (exact) mass is 467 g/mol. The van der Waals surface area contributed by atoms with E-state index in [-0.39, 0.29) is 17.9 Å². The number of anilines is 1. The number of hydrogen-bond acceptors (Lipinski definition) is 5. The molecule has 0 fully saturated rings. The molecule has 0 atom stereocenters. The molecule has 34 heavy (non-hydrogen) atoms. The van der Waals surface area contributed by atoms with E-state index >= 15 is 0 Å². The van der Waals surface area contributed by atoms with Crippen LogP contribution in [0, 0.1) is 13.8 Å². The van der Waals surface area contributed by atoms with Crippen molar-refractivity contribution in [1.29, 1.82) is 0 Å². The molecule has 174 valence electrons. The lowest BCUT2D eigenvalue weighted by molar-refractivity contribution is -0.137. The smallest absolute Gasteiger partial charge is 0.416 e. The number of hydrogen-bond donors (Lipinski definition) is 1. The highest BCUT2D eigenvalue weighted by Gasteiger charge is 2.30. The zero-order valence-corrected chi connectivity index (χ0v) is 18.3. The molecule has 4 rings (SSSR count). The number of aryl methyl sites for hydroxylation is 2. The van der Waals surface area contributed by atoms with Crippen molar-refractivity contribution < 1.29 is 22.7 Å². The Labute approximate surface area is 193 Å². The second-order valence-corrected chi connectivity index (χ2v) is 7.62. The van der Waals surface area contributed by atoms with Gasteiger partial charge in [-0.05, 0) is 61.9 Å². The van der Waals surface area contributed by atoms with Gasteiger partial charge in [-0.3, -0.25) is 4.79 Å². The molecule has 0 unspecified atom stereocenters. The molecule has 7 nitrogen and oxygen atoms in total. The Kier molecular flexibility index (Phi) is 6.31. The van der Waals surface area contributed by atoms with E-state index in [2.05, 4.69) is 20.6 Å². The Balaban J connectivity index is 1.35. The van der Waals surface area contributed by atoms with Gasteiger partial charge in [-0.15, -0.1) is 10.2 Å². The zero-order valence-electron chi connectivity index (χ0n) is 18.3. The summed E-state index contributed by atoms with van der Waals surface area (Å²) in [5, 5.41) is 15.2. The van der Waals surface area contributed by atoms with Gasteiger partial charge in [-0.25, -0.2) is 4.68 Å². The molecule has 0 aliphatic carbocycles. The van der Waals surface area contributed by atoms with E-state index < -0.39 is 17.6 Å². The van der Waals surface area contributed by atoms with Crippen molar-refractivity contribution in [1.82, 2.24) is 20.0 Å². The molecular formula is C24H20F3N5O2. The van der Waals surface area contributed by atoms with Crippen LogP contribution in [-0.4, -0.2) is 25.9 Å². The summed E-state index contributed by atoms with van der Waals surface area (Å²) >= 11 is 0. The average Bonchev–Trinajstić information content (AvgIpc) is 3.13. The third kappa shape index (κ3) is 5.58. The summed E-state index contributed by atoms with van der Waals surface area (Å²) in [5.74, 6) is 0.894. The van der Waals surface area contributed by atoms with Crippen LogP contribution in [0.15, 0.2) is 66.7 Å². The highest BCUT2D eigenvalue weighted by atomic mass is 19.4. The minimum absolute atomic E-state index is 0.181. The first-order valence-corrected chi connectivity index (χ1v) is 10.3. The van der Waals surface area contributed by atoms with Gasteiger partial charge in [0.05, 0.1) is 17.7 Å². The van der Waals surface area contributed by atoms with Crippen molar-refractivity contribution in [2.24, 2.45) is 0 Å². The molecule has 1 amide bonds. The van der Waals surface area contributed by atoms with E-state index in [4.69, 9.17) is 4.74 Å². The molecule has 2 aromatic heterocycles. The number of aromatic nitrogens is 4. The van der Waals surface area contributed by atoms with Crippen LogP contribution >= 0.6 is 0 Å². The second-order valence-electron chi connectivity index (χ2n) is 7.62. The molecule has 0 radical (unpaired) electrons. The Morgan fingerprint density at radius 1 is 1.00 bits per heavy atom. The number of ether oxygens (including phenoxy) is 1. The normalized spacial score (nSPS) is 11.3. The van der Waals surface area contributed by atoms with E-state index in [1.807, 2.05) is 19.9 Å². The largest absolute Gasteiger partial charge is 0.438 e. The van der Waals surface area contributed by atoms with Gasteiger partial charge in [-0.2, -0.15) is 18.3 Å². The summed E-state index contributed by atoms with van der Waals surface area (Å²) in [7, 11) is 0. The third-order valence-corrected chi connectivity index (χ3v) is 4.83. The summed E-state index contributed by atoms with van der Waals surface area (Å²) < 4.78 is 45.9. The Bertz CT molecular complexity index is 1300. The van der Waals surface area contributed by atoms with Crippen LogP contribution in [0.3, 0.4) is 0 Å². The van der Waals surface area contributed by atoms with Crippen LogP contribution in [0.1, 0.15) is 22.5 Å². The van der Waals surface area contributed by atoms with E-state index in [0.29, 0.717) is 17.3 Å². The number of alkyl halides is 3. The molecule has 0 saturated heterocycles. The number of halogens is 3. The van der Waals surface area contributed by atoms with E-state index in [1.165, 1.54) is 12.1 Å². The molecule has 0 bridgehead atoms. The maximum atomic E-state index is 12.8. The molecule has 2 heterocycles. The highest BCUT2D eigenvalue weighted by Crippen LogP contribution is 2.29. The molecule has 1 N–H and O–H groups in total. The van der Waals surface area contributed by atoms with E-state index in [1.54, 1.807) is 41.1 Å². The SMILES string of the molecule is Cc1cc(C)n(-c2ccc(Oc3ccc(NC(=O)Cc4cccc(C(F)(F)F)c4)cc3)nn2)n1.